The zero-order chi connectivity index (χ0) is 13.9. The molecule has 20 heavy (non-hydrogen) atoms. The number of methoxy groups -OCH3 is 1. The van der Waals surface area contributed by atoms with Gasteiger partial charge in [-0.3, -0.25) is 9.38 Å². The van der Waals surface area contributed by atoms with Crippen LogP contribution in [0.25, 0.3) is 4.96 Å². The number of rotatable bonds is 5. The number of aromatic nitrogens is 3. The molecule has 6 heteroatoms. The van der Waals surface area contributed by atoms with Crippen molar-refractivity contribution in [2.75, 3.05) is 7.11 Å². The summed E-state index contributed by atoms with van der Waals surface area (Å²) in [7, 11) is 1.65. The molecule has 1 N–H and O–H groups in total. The van der Waals surface area contributed by atoms with Crippen LogP contribution in [0.5, 0.6) is 5.88 Å². The van der Waals surface area contributed by atoms with Crippen LogP contribution >= 0.6 is 11.3 Å². The second-order valence-corrected chi connectivity index (χ2v) is 5.39. The molecule has 0 saturated heterocycles. The first kappa shape index (κ1) is 13.1. The van der Waals surface area contributed by atoms with E-state index >= 15 is 0 Å². The third kappa shape index (κ3) is 2.39. The number of imidazole rings is 1. The molecule has 0 bridgehead atoms. The Kier molecular flexibility index (Phi) is 3.66. The standard InChI is InChI=1S/C14H16N4OS/c1-10(11-4-3-5-15-8-11)16-9-12-13(19-2)17-14-18(12)6-7-20-14/h3-8,10,16H,9H2,1-2H3/t10-/m1/s1. The van der Waals surface area contributed by atoms with Crippen LogP contribution in [0.4, 0.5) is 0 Å². The Labute approximate surface area is 121 Å². The van der Waals surface area contributed by atoms with Crippen LogP contribution in [0.2, 0.25) is 0 Å². The highest BCUT2D eigenvalue weighted by Gasteiger charge is 2.14. The van der Waals surface area contributed by atoms with Crippen molar-refractivity contribution >= 4 is 16.3 Å². The first-order valence-corrected chi connectivity index (χ1v) is 7.29. The van der Waals surface area contributed by atoms with Gasteiger partial charge in [0, 0.05) is 36.6 Å². The molecule has 0 unspecified atom stereocenters. The normalized spacial score (nSPS) is 12.7. The number of ether oxygens (including phenoxy) is 1. The first-order chi connectivity index (χ1) is 9.79. The van der Waals surface area contributed by atoms with Crippen LogP contribution in [0, 0.1) is 0 Å². The Balaban J connectivity index is 1.78. The molecule has 0 amide bonds. The van der Waals surface area contributed by atoms with Crippen molar-refractivity contribution in [3.8, 4) is 5.88 Å². The highest BCUT2D eigenvalue weighted by Crippen LogP contribution is 2.23. The Morgan fingerprint density at radius 1 is 1.50 bits per heavy atom. The monoisotopic (exact) mass is 288 g/mol. The minimum Gasteiger partial charge on any atom is -0.480 e. The minimum absolute atomic E-state index is 0.220. The van der Waals surface area contributed by atoms with Crippen LogP contribution in [0.1, 0.15) is 24.2 Å². The summed E-state index contributed by atoms with van der Waals surface area (Å²) in [4.78, 5) is 9.55. The second kappa shape index (κ2) is 5.60. The predicted molar refractivity (Wildman–Crippen MR) is 79.1 cm³/mol. The van der Waals surface area contributed by atoms with Crippen molar-refractivity contribution in [2.24, 2.45) is 0 Å². The smallest absolute Gasteiger partial charge is 0.237 e. The largest absolute Gasteiger partial charge is 0.480 e. The Morgan fingerprint density at radius 3 is 3.15 bits per heavy atom. The molecule has 3 aromatic heterocycles. The van der Waals surface area contributed by atoms with E-state index < -0.39 is 0 Å². The fourth-order valence-corrected chi connectivity index (χ4v) is 2.86. The van der Waals surface area contributed by atoms with Crippen LogP contribution in [-0.2, 0) is 6.54 Å². The summed E-state index contributed by atoms with van der Waals surface area (Å²) in [6.07, 6.45) is 5.68. The molecule has 0 saturated carbocycles. The van der Waals surface area contributed by atoms with E-state index in [-0.39, 0.29) is 6.04 Å². The number of thiazole rings is 1. The van der Waals surface area contributed by atoms with Crippen LogP contribution < -0.4 is 10.1 Å². The van der Waals surface area contributed by atoms with Crippen LogP contribution in [0.3, 0.4) is 0 Å². The van der Waals surface area contributed by atoms with Crippen LogP contribution in [0.15, 0.2) is 36.1 Å². The maximum atomic E-state index is 5.35. The lowest BCUT2D eigenvalue weighted by Gasteiger charge is -2.13. The van der Waals surface area contributed by atoms with E-state index in [0.29, 0.717) is 12.4 Å². The van der Waals surface area contributed by atoms with Gasteiger partial charge < -0.3 is 10.1 Å². The highest BCUT2D eigenvalue weighted by molar-refractivity contribution is 7.15. The summed E-state index contributed by atoms with van der Waals surface area (Å²) in [6.45, 7) is 2.81. The van der Waals surface area contributed by atoms with Gasteiger partial charge in [-0.25, -0.2) is 0 Å². The zero-order valence-corrected chi connectivity index (χ0v) is 12.2. The Bertz CT molecular complexity index is 692. The number of nitrogens with one attached hydrogen (secondary N) is 1. The topological polar surface area (TPSA) is 51.5 Å². The molecule has 104 valence electrons. The van der Waals surface area contributed by atoms with Gasteiger partial charge in [-0.15, -0.1) is 11.3 Å². The molecule has 0 aromatic carbocycles. The molecule has 3 rings (SSSR count). The molecule has 3 aromatic rings. The molecule has 0 spiro atoms. The van der Waals surface area contributed by atoms with Crippen molar-refractivity contribution in [1.82, 2.24) is 19.7 Å². The van der Waals surface area contributed by atoms with E-state index in [1.807, 2.05) is 23.8 Å². The van der Waals surface area contributed by atoms with Crippen molar-refractivity contribution in [1.29, 1.82) is 0 Å². The van der Waals surface area contributed by atoms with Crippen LogP contribution in [-0.4, -0.2) is 21.5 Å². The second-order valence-electron chi connectivity index (χ2n) is 4.51. The van der Waals surface area contributed by atoms with Gasteiger partial charge in [0.2, 0.25) is 5.88 Å². The molecule has 1 atom stereocenters. The quantitative estimate of drug-likeness (QED) is 0.784. The lowest BCUT2D eigenvalue weighted by atomic mass is 10.1. The fraction of sp³-hybridized carbons (Fsp3) is 0.286. The summed E-state index contributed by atoms with van der Waals surface area (Å²) in [5.41, 5.74) is 2.21. The molecular formula is C14H16N4OS. The van der Waals surface area contributed by atoms with Gasteiger partial charge in [0.05, 0.1) is 7.11 Å². The summed E-state index contributed by atoms with van der Waals surface area (Å²) in [6, 6.07) is 4.24. The lowest BCUT2D eigenvalue weighted by Crippen LogP contribution is -2.19. The summed E-state index contributed by atoms with van der Waals surface area (Å²) in [5, 5.41) is 5.51. The fourth-order valence-electron chi connectivity index (χ4n) is 2.14. The minimum atomic E-state index is 0.220. The van der Waals surface area contributed by atoms with E-state index in [0.717, 1.165) is 16.2 Å². The van der Waals surface area contributed by atoms with E-state index in [1.165, 1.54) is 0 Å². The van der Waals surface area contributed by atoms with E-state index in [2.05, 4.69) is 32.7 Å². The third-order valence-electron chi connectivity index (χ3n) is 3.28. The molecule has 0 aliphatic carbocycles. The van der Waals surface area contributed by atoms with E-state index in [9.17, 15) is 0 Å². The molecule has 0 aliphatic rings. The van der Waals surface area contributed by atoms with Gasteiger partial charge in [-0.2, -0.15) is 4.98 Å². The zero-order valence-electron chi connectivity index (χ0n) is 11.4. The lowest BCUT2D eigenvalue weighted by molar-refractivity contribution is 0.391. The molecule has 0 fully saturated rings. The number of hydrogen-bond donors (Lipinski definition) is 1. The number of hydrogen-bond acceptors (Lipinski definition) is 5. The maximum absolute atomic E-state index is 5.35. The number of nitrogens with zero attached hydrogens (tertiary/aromatic N) is 3. The third-order valence-corrected chi connectivity index (χ3v) is 4.03. The first-order valence-electron chi connectivity index (χ1n) is 6.41. The molecule has 0 radical (unpaired) electrons. The van der Waals surface area contributed by atoms with Crippen molar-refractivity contribution in [3.63, 3.8) is 0 Å². The molecule has 5 nitrogen and oxygen atoms in total. The van der Waals surface area contributed by atoms with Crippen molar-refractivity contribution in [2.45, 2.75) is 19.5 Å². The molecule has 0 aliphatic heterocycles. The van der Waals surface area contributed by atoms with Crippen molar-refractivity contribution in [3.05, 3.63) is 47.4 Å². The summed E-state index contributed by atoms with van der Waals surface area (Å²) < 4.78 is 7.41. The Morgan fingerprint density at radius 2 is 2.40 bits per heavy atom. The SMILES string of the molecule is COc1nc2sccn2c1CN[C@H](C)c1cccnc1. The van der Waals surface area contributed by atoms with Gasteiger partial charge in [-0.1, -0.05) is 6.07 Å². The average Bonchev–Trinajstić information content (AvgIpc) is 3.06. The number of fused-ring (bicyclic) bond motifs is 1. The molecule has 3 heterocycles. The van der Waals surface area contributed by atoms with Gasteiger partial charge in [-0.05, 0) is 18.6 Å². The number of pyridine rings is 1. The summed E-state index contributed by atoms with van der Waals surface area (Å²) >= 11 is 1.60. The van der Waals surface area contributed by atoms with Gasteiger partial charge >= 0.3 is 0 Å². The molecular weight excluding hydrogens is 272 g/mol. The highest BCUT2D eigenvalue weighted by atomic mass is 32.1. The van der Waals surface area contributed by atoms with E-state index in [4.69, 9.17) is 4.74 Å². The maximum Gasteiger partial charge on any atom is 0.237 e. The van der Waals surface area contributed by atoms with Gasteiger partial charge in [0.25, 0.3) is 0 Å². The predicted octanol–water partition coefficient (Wildman–Crippen LogP) is 2.65. The van der Waals surface area contributed by atoms with Crippen molar-refractivity contribution < 1.29 is 4.74 Å². The Hall–Kier alpha value is -1.92. The average molecular weight is 288 g/mol. The van der Waals surface area contributed by atoms with Gasteiger partial charge in [0.15, 0.2) is 4.96 Å². The van der Waals surface area contributed by atoms with Gasteiger partial charge in [0.1, 0.15) is 5.69 Å². The van der Waals surface area contributed by atoms with E-state index in [1.54, 1.807) is 24.6 Å². The summed E-state index contributed by atoms with van der Waals surface area (Å²) in [5.74, 6) is 0.683.